The monoisotopic (exact) mass is 294 g/mol. The molecule has 21 heavy (non-hydrogen) atoms. The number of carbonyl (C=O) groups excluding carboxylic acids is 1. The molecule has 3 rings (SSSR count). The Kier molecular flexibility index (Phi) is 3.93. The first-order chi connectivity index (χ1) is 9.87. The number of hydrogen-bond donors (Lipinski definition) is 1. The molecule has 3 aliphatic rings. The second-order valence-corrected chi connectivity index (χ2v) is 8.58. The van der Waals surface area contributed by atoms with E-state index < -0.39 is 0 Å². The molecule has 0 aromatic rings. The van der Waals surface area contributed by atoms with Crippen molar-refractivity contribution >= 4 is 6.03 Å². The van der Waals surface area contributed by atoms with Gasteiger partial charge >= 0.3 is 6.03 Å². The van der Waals surface area contributed by atoms with Crippen molar-refractivity contribution in [2.45, 2.75) is 58.9 Å². The lowest BCUT2D eigenvalue weighted by molar-refractivity contribution is 0.0662. The molecule has 2 bridgehead atoms. The van der Waals surface area contributed by atoms with Crippen molar-refractivity contribution in [3.05, 3.63) is 0 Å². The summed E-state index contributed by atoms with van der Waals surface area (Å²) < 4.78 is 5.38. The van der Waals surface area contributed by atoms with Gasteiger partial charge in [-0.05, 0) is 48.9 Å². The minimum atomic E-state index is 0.160. The van der Waals surface area contributed by atoms with Gasteiger partial charge in [0.25, 0.3) is 0 Å². The summed E-state index contributed by atoms with van der Waals surface area (Å²) in [6.07, 6.45) is 5.72. The summed E-state index contributed by atoms with van der Waals surface area (Å²) in [7, 11) is 0. The number of urea groups is 1. The summed E-state index contributed by atoms with van der Waals surface area (Å²) >= 11 is 0. The molecule has 2 atom stereocenters. The highest BCUT2D eigenvalue weighted by molar-refractivity contribution is 5.75. The van der Waals surface area contributed by atoms with Crippen molar-refractivity contribution in [3.63, 3.8) is 0 Å². The van der Waals surface area contributed by atoms with Crippen molar-refractivity contribution in [2.75, 3.05) is 26.3 Å². The standard InChI is InChI=1S/C17H30N2O2/c1-16(2)8-14-9-17(3,11-16)12-19(14)15(20)18-10-13-4-6-21-7-5-13/h13-14H,4-12H2,1-3H3,(H,18,20). The second kappa shape index (κ2) is 5.45. The molecular formula is C17H30N2O2. The fourth-order valence-electron chi connectivity index (χ4n) is 4.98. The van der Waals surface area contributed by atoms with Gasteiger partial charge in [0.05, 0.1) is 0 Å². The van der Waals surface area contributed by atoms with Gasteiger partial charge in [-0.25, -0.2) is 4.79 Å². The molecule has 0 radical (unpaired) electrons. The Morgan fingerprint density at radius 2 is 1.95 bits per heavy atom. The minimum Gasteiger partial charge on any atom is -0.381 e. The Hall–Kier alpha value is -0.770. The molecule has 1 saturated carbocycles. The fraction of sp³-hybridized carbons (Fsp3) is 0.941. The highest BCUT2D eigenvalue weighted by Crippen LogP contribution is 2.52. The first-order valence-electron chi connectivity index (χ1n) is 8.49. The molecule has 2 unspecified atom stereocenters. The van der Waals surface area contributed by atoms with Crippen LogP contribution in [0.15, 0.2) is 0 Å². The van der Waals surface area contributed by atoms with Gasteiger partial charge in [0.15, 0.2) is 0 Å². The average molecular weight is 294 g/mol. The van der Waals surface area contributed by atoms with E-state index in [-0.39, 0.29) is 6.03 Å². The number of nitrogens with one attached hydrogen (secondary N) is 1. The van der Waals surface area contributed by atoms with E-state index in [0.29, 0.717) is 22.8 Å². The van der Waals surface area contributed by atoms with Crippen LogP contribution in [0.4, 0.5) is 4.79 Å². The van der Waals surface area contributed by atoms with Gasteiger partial charge < -0.3 is 15.0 Å². The first kappa shape index (κ1) is 15.1. The van der Waals surface area contributed by atoms with E-state index in [9.17, 15) is 4.79 Å². The third-order valence-electron chi connectivity index (χ3n) is 5.56. The minimum absolute atomic E-state index is 0.160. The number of likely N-dealkylation sites (tertiary alicyclic amines) is 1. The van der Waals surface area contributed by atoms with Crippen molar-refractivity contribution in [3.8, 4) is 0 Å². The summed E-state index contributed by atoms with van der Waals surface area (Å²) in [6.45, 7) is 10.5. The Morgan fingerprint density at radius 3 is 2.67 bits per heavy atom. The average Bonchev–Trinajstić information content (AvgIpc) is 2.66. The molecule has 0 aromatic carbocycles. The van der Waals surface area contributed by atoms with E-state index >= 15 is 0 Å². The number of fused-ring (bicyclic) bond motifs is 2. The van der Waals surface area contributed by atoms with E-state index in [0.717, 1.165) is 45.6 Å². The third kappa shape index (κ3) is 3.36. The molecule has 1 aliphatic carbocycles. The fourth-order valence-corrected chi connectivity index (χ4v) is 4.98. The number of ether oxygens (including phenoxy) is 1. The zero-order valence-corrected chi connectivity index (χ0v) is 13.8. The van der Waals surface area contributed by atoms with Gasteiger partial charge in [-0.1, -0.05) is 20.8 Å². The van der Waals surface area contributed by atoms with E-state index in [4.69, 9.17) is 4.74 Å². The predicted octanol–water partition coefficient (Wildman–Crippen LogP) is 3.02. The molecule has 1 N–H and O–H groups in total. The number of nitrogens with zero attached hydrogens (tertiary/aromatic N) is 1. The van der Waals surface area contributed by atoms with Crippen LogP contribution in [0.25, 0.3) is 0 Å². The summed E-state index contributed by atoms with van der Waals surface area (Å²) in [5.74, 6) is 0.594. The van der Waals surface area contributed by atoms with Crippen LogP contribution in [0, 0.1) is 16.7 Å². The number of carbonyl (C=O) groups is 1. The van der Waals surface area contributed by atoms with Crippen LogP contribution in [-0.2, 0) is 4.74 Å². The molecule has 2 aliphatic heterocycles. The number of amides is 2. The van der Waals surface area contributed by atoms with Crippen LogP contribution in [0.2, 0.25) is 0 Å². The topological polar surface area (TPSA) is 41.6 Å². The van der Waals surface area contributed by atoms with E-state index in [2.05, 4.69) is 31.0 Å². The van der Waals surface area contributed by atoms with Gasteiger partial charge in [-0.2, -0.15) is 0 Å². The molecule has 0 spiro atoms. The molecule has 2 heterocycles. The van der Waals surface area contributed by atoms with Gasteiger partial charge in [0.2, 0.25) is 0 Å². The summed E-state index contributed by atoms with van der Waals surface area (Å²) in [5.41, 5.74) is 0.690. The van der Waals surface area contributed by atoms with Gasteiger partial charge in [0, 0.05) is 32.3 Å². The lowest BCUT2D eigenvalue weighted by atomic mass is 9.65. The quantitative estimate of drug-likeness (QED) is 0.850. The molecule has 2 saturated heterocycles. The Labute approximate surface area is 128 Å². The molecular weight excluding hydrogens is 264 g/mol. The van der Waals surface area contributed by atoms with Crippen molar-refractivity contribution < 1.29 is 9.53 Å². The normalized spacial score (nSPS) is 35.8. The molecule has 4 heteroatoms. The van der Waals surface area contributed by atoms with Crippen LogP contribution >= 0.6 is 0 Å². The highest BCUT2D eigenvalue weighted by Gasteiger charge is 2.50. The Bertz CT molecular complexity index is 404. The zero-order valence-electron chi connectivity index (χ0n) is 13.8. The number of rotatable bonds is 2. The van der Waals surface area contributed by atoms with E-state index in [1.807, 2.05) is 0 Å². The van der Waals surface area contributed by atoms with Gasteiger partial charge in [-0.15, -0.1) is 0 Å². The third-order valence-corrected chi connectivity index (χ3v) is 5.56. The lowest BCUT2D eigenvalue weighted by Gasteiger charge is -2.39. The lowest BCUT2D eigenvalue weighted by Crippen LogP contribution is -2.45. The van der Waals surface area contributed by atoms with Crippen LogP contribution in [0.5, 0.6) is 0 Å². The summed E-state index contributed by atoms with van der Waals surface area (Å²) in [6, 6.07) is 0.598. The largest absolute Gasteiger partial charge is 0.381 e. The number of hydrogen-bond acceptors (Lipinski definition) is 2. The highest BCUT2D eigenvalue weighted by atomic mass is 16.5. The Morgan fingerprint density at radius 1 is 1.24 bits per heavy atom. The first-order valence-corrected chi connectivity index (χ1v) is 8.49. The molecule has 2 amide bonds. The van der Waals surface area contributed by atoms with Crippen LogP contribution in [-0.4, -0.2) is 43.3 Å². The SMILES string of the molecule is CC1(C)CC2CC(C)(CN2C(=O)NCC2CCOCC2)C1. The van der Waals surface area contributed by atoms with Crippen molar-refractivity contribution in [2.24, 2.45) is 16.7 Å². The van der Waals surface area contributed by atoms with E-state index in [1.54, 1.807) is 0 Å². The zero-order chi connectivity index (χ0) is 15.1. The molecule has 4 nitrogen and oxygen atoms in total. The molecule has 120 valence electrons. The van der Waals surface area contributed by atoms with Crippen LogP contribution in [0.3, 0.4) is 0 Å². The maximum Gasteiger partial charge on any atom is 0.317 e. The predicted molar refractivity (Wildman–Crippen MR) is 83.2 cm³/mol. The second-order valence-electron chi connectivity index (χ2n) is 8.58. The Balaban J connectivity index is 1.56. The molecule has 0 aromatic heterocycles. The smallest absolute Gasteiger partial charge is 0.317 e. The summed E-state index contributed by atoms with van der Waals surface area (Å²) in [5, 5.41) is 3.18. The maximum absolute atomic E-state index is 12.6. The van der Waals surface area contributed by atoms with E-state index in [1.165, 1.54) is 12.8 Å². The van der Waals surface area contributed by atoms with Gasteiger partial charge in [-0.3, -0.25) is 0 Å². The van der Waals surface area contributed by atoms with Gasteiger partial charge in [0.1, 0.15) is 0 Å². The van der Waals surface area contributed by atoms with Crippen LogP contribution in [0.1, 0.15) is 52.9 Å². The van der Waals surface area contributed by atoms with Crippen molar-refractivity contribution in [1.29, 1.82) is 0 Å². The maximum atomic E-state index is 12.6. The molecule has 3 fully saturated rings. The van der Waals surface area contributed by atoms with Crippen molar-refractivity contribution in [1.82, 2.24) is 10.2 Å². The summed E-state index contributed by atoms with van der Waals surface area (Å²) in [4.78, 5) is 14.7. The van der Waals surface area contributed by atoms with Crippen LogP contribution < -0.4 is 5.32 Å².